The second-order valence-electron chi connectivity index (χ2n) is 8.13. The fourth-order valence-corrected chi connectivity index (χ4v) is 4.28. The molecule has 1 amide bonds. The summed E-state index contributed by atoms with van der Waals surface area (Å²) < 4.78 is 11.2. The Balaban J connectivity index is 1.70. The quantitative estimate of drug-likeness (QED) is 0.359. The van der Waals surface area contributed by atoms with Gasteiger partial charge in [-0.05, 0) is 55.0 Å². The van der Waals surface area contributed by atoms with Crippen LogP contribution in [0.15, 0.2) is 64.8 Å². The van der Waals surface area contributed by atoms with E-state index in [4.69, 9.17) is 9.15 Å². The van der Waals surface area contributed by atoms with Crippen molar-refractivity contribution in [2.45, 2.75) is 13.0 Å². The van der Waals surface area contributed by atoms with Gasteiger partial charge in [0, 0.05) is 12.6 Å². The Morgan fingerprint density at radius 3 is 2.67 bits per heavy atom. The number of likely N-dealkylation sites (N-methyl/N-ethyl adjacent to an activating group) is 1. The second-order valence-corrected chi connectivity index (χ2v) is 8.13. The van der Waals surface area contributed by atoms with Crippen molar-refractivity contribution in [3.05, 3.63) is 77.3 Å². The van der Waals surface area contributed by atoms with Crippen LogP contribution in [0.4, 0.5) is 11.4 Å². The lowest BCUT2D eigenvalue weighted by Gasteiger charge is -2.28. The van der Waals surface area contributed by atoms with Gasteiger partial charge in [-0.15, -0.1) is 0 Å². The van der Waals surface area contributed by atoms with E-state index in [-0.39, 0.29) is 28.5 Å². The number of aliphatic hydroxyl groups is 1. The van der Waals surface area contributed by atoms with Crippen LogP contribution in [0.2, 0.25) is 0 Å². The van der Waals surface area contributed by atoms with Crippen molar-refractivity contribution >= 4 is 28.8 Å². The van der Waals surface area contributed by atoms with Crippen LogP contribution in [-0.2, 0) is 9.59 Å². The summed E-state index contributed by atoms with van der Waals surface area (Å²) in [6.07, 6.45) is 1.43. The number of ketones is 1. The highest BCUT2D eigenvalue weighted by Gasteiger charge is 2.49. The number of aryl methyl sites for hydroxylation is 1. The minimum Gasteiger partial charge on any atom is -0.507 e. The van der Waals surface area contributed by atoms with E-state index in [1.54, 1.807) is 42.5 Å². The summed E-state index contributed by atoms with van der Waals surface area (Å²) >= 11 is 0. The van der Waals surface area contributed by atoms with Crippen molar-refractivity contribution in [1.29, 1.82) is 0 Å². The summed E-state index contributed by atoms with van der Waals surface area (Å²) in [7, 11) is 1.91. The number of rotatable bonds is 3. The van der Waals surface area contributed by atoms with E-state index in [0.29, 0.717) is 24.5 Å². The van der Waals surface area contributed by atoms with E-state index in [9.17, 15) is 19.8 Å². The SMILES string of the molecule is Cc1ccc(O)c(N2C(=O)C(=O)/C(=C(\O)c3ccc4c(c3)N(C)CCO4)C2c2ccco2)c1. The van der Waals surface area contributed by atoms with Gasteiger partial charge in [0.15, 0.2) is 0 Å². The first-order valence-corrected chi connectivity index (χ1v) is 10.5. The number of aliphatic hydroxyl groups excluding tert-OH is 1. The molecule has 1 saturated heterocycles. The van der Waals surface area contributed by atoms with Crippen molar-refractivity contribution in [3.63, 3.8) is 0 Å². The number of fused-ring (bicyclic) bond motifs is 1. The third kappa shape index (κ3) is 3.31. The summed E-state index contributed by atoms with van der Waals surface area (Å²) in [5.74, 6) is -1.25. The lowest BCUT2D eigenvalue weighted by Crippen LogP contribution is -2.29. The highest BCUT2D eigenvalue weighted by Crippen LogP contribution is 2.45. The molecule has 2 N–H and O–H groups in total. The van der Waals surface area contributed by atoms with Crippen molar-refractivity contribution in [3.8, 4) is 11.5 Å². The van der Waals surface area contributed by atoms with Crippen molar-refractivity contribution in [2.75, 3.05) is 30.0 Å². The maximum absolute atomic E-state index is 13.2. The Morgan fingerprint density at radius 2 is 1.91 bits per heavy atom. The summed E-state index contributed by atoms with van der Waals surface area (Å²) in [5, 5.41) is 21.8. The van der Waals surface area contributed by atoms with E-state index in [0.717, 1.165) is 11.3 Å². The monoisotopic (exact) mass is 446 g/mol. The maximum Gasteiger partial charge on any atom is 0.300 e. The Morgan fingerprint density at radius 1 is 1.09 bits per heavy atom. The normalized spacial score (nSPS) is 19.5. The van der Waals surface area contributed by atoms with Crippen molar-refractivity contribution in [1.82, 2.24) is 0 Å². The number of phenolic OH excluding ortho intramolecular Hbond substituents is 1. The van der Waals surface area contributed by atoms with Crippen LogP contribution >= 0.6 is 0 Å². The summed E-state index contributed by atoms with van der Waals surface area (Å²) in [6, 6.07) is 12.1. The molecule has 33 heavy (non-hydrogen) atoms. The number of nitrogens with zero attached hydrogens (tertiary/aromatic N) is 2. The molecule has 0 bridgehead atoms. The molecule has 168 valence electrons. The molecule has 1 aromatic heterocycles. The predicted octanol–water partition coefficient (Wildman–Crippen LogP) is 3.75. The van der Waals surface area contributed by atoms with Gasteiger partial charge in [0.05, 0.1) is 29.8 Å². The molecule has 1 atom stereocenters. The van der Waals surface area contributed by atoms with Gasteiger partial charge in [-0.2, -0.15) is 0 Å². The Bertz CT molecular complexity index is 1290. The minimum absolute atomic E-state index is 0.116. The molecule has 5 rings (SSSR count). The van der Waals surface area contributed by atoms with E-state index >= 15 is 0 Å². The third-order valence-electron chi connectivity index (χ3n) is 5.98. The fraction of sp³-hybridized carbons (Fsp3) is 0.200. The molecular weight excluding hydrogens is 424 g/mol. The molecule has 8 nitrogen and oxygen atoms in total. The van der Waals surface area contributed by atoms with Gasteiger partial charge in [-0.1, -0.05) is 6.07 Å². The summed E-state index contributed by atoms with van der Waals surface area (Å²) in [4.78, 5) is 29.5. The molecule has 2 aliphatic rings. The first-order valence-electron chi connectivity index (χ1n) is 10.5. The number of Topliss-reactive ketones (excluding diaryl/α,β-unsaturated/α-hetero) is 1. The molecular formula is C25H22N2O6. The van der Waals surface area contributed by atoms with E-state index in [1.807, 2.05) is 18.9 Å². The molecule has 3 heterocycles. The van der Waals surface area contributed by atoms with Gasteiger partial charge in [0.25, 0.3) is 11.7 Å². The highest BCUT2D eigenvalue weighted by atomic mass is 16.5. The van der Waals surface area contributed by atoms with Crippen LogP contribution in [0.5, 0.6) is 11.5 Å². The number of hydrogen-bond donors (Lipinski definition) is 2. The topological polar surface area (TPSA) is 103 Å². The molecule has 0 spiro atoms. The zero-order valence-electron chi connectivity index (χ0n) is 18.1. The Labute approximate surface area is 189 Å². The number of phenols is 1. The lowest BCUT2D eigenvalue weighted by atomic mass is 9.98. The second kappa shape index (κ2) is 7.74. The number of ether oxygens (including phenoxy) is 1. The fourth-order valence-electron chi connectivity index (χ4n) is 4.28. The van der Waals surface area contributed by atoms with E-state index in [1.165, 1.54) is 17.2 Å². The first-order chi connectivity index (χ1) is 15.9. The number of hydrogen-bond acceptors (Lipinski definition) is 7. The minimum atomic E-state index is -1.04. The van der Waals surface area contributed by atoms with Crippen molar-refractivity contribution < 1.29 is 29.0 Å². The van der Waals surface area contributed by atoms with Gasteiger partial charge in [0.1, 0.15) is 35.7 Å². The first kappa shape index (κ1) is 20.7. The average Bonchev–Trinajstić information content (AvgIpc) is 3.42. The molecule has 2 aliphatic heterocycles. The molecule has 0 saturated carbocycles. The third-order valence-corrected chi connectivity index (χ3v) is 5.98. The number of carbonyl (C=O) groups is 2. The largest absolute Gasteiger partial charge is 0.507 e. The van der Waals surface area contributed by atoms with E-state index < -0.39 is 17.7 Å². The average molecular weight is 446 g/mol. The van der Waals surface area contributed by atoms with Crippen LogP contribution in [0.3, 0.4) is 0 Å². The van der Waals surface area contributed by atoms with Gasteiger partial charge in [-0.3, -0.25) is 14.5 Å². The predicted molar refractivity (Wildman–Crippen MR) is 122 cm³/mol. The smallest absolute Gasteiger partial charge is 0.300 e. The zero-order chi connectivity index (χ0) is 23.3. The molecule has 8 heteroatoms. The number of amides is 1. The van der Waals surface area contributed by atoms with Crippen LogP contribution < -0.4 is 14.5 Å². The number of furan rings is 1. The number of anilines is 2. The Kier molecular flexibility index (Phi) is 4.85. The standard InChI is InChI=1S/C25H22N2O6/c1-14-5-7-18(28)16(12-14)27-22(20-4-3-10-32-20)21(24(30)25(27)31)23(29)15-6-8-19-17(13-15)26(2)9-11-33-19/h3-8,10,12-13,22,28-29H,9,11H2,1-2H3/b23-21-. The van der Waals surface area contributed by atoms with Gasteiger partial charge < -0.3 is 24.3 Å². The van der Waals surface area contributed by atoms with Crippen LogP contribution in [0, 0.1) is 6.92 Å². The zero-order valence-corrected chi connectivity index (χ0v) is 18.1. The number of aromatic hydroxyl groups is 1. The number of benzene rings is 2. The summed E-state index contributed by atoms with van der Waals surface area (Å²) in [6.45, 7) is 3.05. The molecule has 0 aliphatic carbocycles. The molecule has 1 fully saturated rings. The van der Waals surface area contributed by atoms with Gasteiger partial charge in [0.2, 0.25) is 0 Å². The van der Waals surface area contributed by atoms with Crippen LogP contribution in [0.25, 0.3) is 5.76 Å². The van der Waals surface area contributed by atoms with Crippen molar-refractivity contribution in [2.24, 2.45) is 0 Å². The van der Waals surface area contributed by atoms with Gasteiger partial charge in [-0.25, -0.2) is 0 Å². The molecule has 3 aromatic rings. The van der Waals surface area contributed by atoms with Crippen LogP contribution in [0.1, 0.15) is 22.9 Å². The molecule has 0 radical (unpaired) electrons. The number of carbonyl (C=O) groups excluding carboxylic acids is 2. The van der Waals surface area contributed by atoms with Crippen LogP contribution in [-0.4, -0.2) is 42.1 Å². The van der Waals surface area contributed by atoms with E-state index in [2.05, 4.69) is 0 Å². The lowest BCUT2D eigenvalue weighted by molar-refractivity contribution is -0.132. The summed E-state index contributed by atoms with van der Waals surface area (Å²) in [5.41, 5.74) is 1.98. The maximum atomic E-state index is 13.2. The highest BCUT2D eigenvalue weighted by molar-refractivity contribution is 6.51. The molecule has 1 unspecified atom stereocenters. The van der Waals surface area contributed by atoms with Gasteiger partial charge >= 0.3 is 0 Å². The molecule has 2 aromatic carbocycles. The Hall–Kier alpha value is -4.20.